The Morgan fingerprint density at radius 1 is 0.302 bits per heavy atom. The van der Waals surface area contributed by atoms with Crippen molar-refractivity contribution in [2.75, 3.05) is 0 Å². The number of hydrogen-bond acceptors (Lipinski definition) is 0. The summed E-state index contributed by atoms with van der Waals surface area (Å²) in [5, 5.41) is 0. The Bertz CT molecular complexity index is 1270. The van der Waals surface area contributed by atoms with Crippen LogP contribution < -0.4 is 0 Å². The summed E-state index contributed by atoms with van der Waals surface area (Å²) in [6.07, 6.45) is -21.9. The van der Waals surface area contributed by atoms with E-state index in [4.69, 9.17) is 0 Å². The van der Waals surface area contributed by atoms with Crippen LogP contribution in [-0.2, 0) is 0 Å². The first-order valence-corrected chi connectivity index (χ1v) is 10.1. The summed E-state index contributed by atoms with van der Waals surface area (Å²) >= 11 is 0. The zero-order valence-electron chi connectivity index (χ0n) is 18.5. The van der Waals surface area contributed by atoms with Gasteiger partial charge in [-0.2, -0.15) is 96.6 Å². The molecule has 0 aromatic rings. The zero-order chi connectivity index (χ0) is 34.7. The second kappa shape index (κ2) is 6.81. The molecule has 0 unspecified atom stereocenters. The van der Waals surface area contributed by atoms with Gasteiger partial charge < -0.3 is 0 Å². The zero-order valence-corrected chi connectivity index (χ0v) is 18.5. The van der Waals surface area contributed by atoms with Gasteiger partial charge in [0.1, 0.15) is 5.41 Å². The Morgan fingerprint density at radius 3 is 0.860 bits per heavy atom. The van der Waals surface area contributed by atoms with Crippen LogP contribution in [0.3, 0.4) is 0 Å². The molecule has 0 N–H and O–H groups in total. The largest absolute Gasteiger partial charge is 0.407 e. The Hall–Kier alpha value is -1.82. The molecule has 0 nitrogen and oxygen atoms in total. The van der Waals surface area contributed by atoms with Crippen molar-refractivity contribution >= 4 is 0 Å². The first-order chi connectivity index (χ1) is 18.2. The molecule has 0 aromatic heterocycles. The molecule has 4 saturated carbocycles. The average Bonchev–Trinajstić information content (AvgIpc) is 2.76. The molecule has 0 saturated heterocycles. The van der Waals surface area contributed by atoms with E-state index in [9.17, 15) is 96.6 Å². The van der Waals surface area contributed by atoms with Gasteiger partial charge in [-0.05, 0) is 0 Å². The minimum absolute atomic E-state index is 5.61. The Morgan fingerprint density at radius 2 is 0.558 bits per heavy atom. The molecule has 0 aliphatic heterocycles. The highest BCUT2D eigenvalue weighted by Crippen LogP contribution is 3.02. The van der Waals surface area contributed by atoms with Crippen LogP contribution in [0.25, 0.3) is 0 Å². The molecule has 0 bridgehead atoms. The van der Waals surface area contributed by atoms with Crippen LogP contribution in [0.15, 0.2) is 0 Å². The van der Waals surface area contributed by atoms with Gasteiger partial charge in [-0.1, -0.05) is 0 Å². The number of halogens is 26. The Kier molecular flexibility index (Phi) is 5.39. The van der Waals surface area contributed by atoms with E-state index in [-0.39, 0.29) is 0 Å². The van der Waals surface area contributed by atoms with E-state index in [2.05, 4.69) is 0 Å². The quantitative estimate of drug-likeness (QED) is 0.241. The fraction of sp³-hybridized carbons (Fsp3) is 1.00. The van der Waals surface area contributed by atoms with Crippen molar-refractivity contribution in [1.29, 1.82) is 0 Å². The summed E-state index contributed by atoms with van der Waals surface area (Å²) in [7, 11) is 0. The molecule has 0 aromatic carbocycles. The third-order valence-corrected chi connectivity index (χ3v) is 8.77. The second-order valence-corrected chi connectivity index (χ2v) is 10.2. The lowest BCUT2D eigenvalue weighted by atomic mass is 9.16. The summed E-state index contributed by atoms with van der Waals surface area (Å²) in [4.78, 5) is 0. The van der Waals surface area contributed by atoms with Gasteiger partial charge in [-0.15, -0.1) is 0 Å². The molecule has 6 atom stereocenters. The lowest BCUT2D eigenvalue weighted by molar-refractivity contribution is -0.678. The SMILES string of the molecule is FC(F)(F)C[C@]12[C@@]3(F)C(F)(F)C(F)(F)C(F)(F)C(F)(F)[C@]3(F)C(F)(F)C(F)(F)[C@@]1(F)[C@@]1(C(F)(F)F)C(F)(F)C(F)(F)[C@@]12F. The maximum atomic E-state index is 16.2. The first kappa shape index (κ1) is 34.1. The van der Waals surface area contributed by atoms with Crippen LogP contribution >= 0.6 is 0 Å². The maximum Gasteiger partial charge on any atom is 0.407 e. The predicted octanol–water partition coefficient (Wildman–Crippen LogP) is 8.44. The molecule has 4 aliphatic carbocycles. The normalized spacial score (nSPS) is 49.0. The molecule has 0 heterocycles. The van der Waals surface area contributed by atoms with E-state index in [1.807, 2.05) is 0 Å². The smallest absolute Gasteiger partial charge is 0.235 e. The minimum Gasteiger partial charge on any atom is -0.235 e. The van der Waals surface area contributed by atoms with Crippen LogP contribution in [0.1, 0.15) is 6.42 Å². The Balaban J connectivity index is 2.48. The second-order valence-electron chi connectivity index (χ2n) is 10.2. The molecule has 4 aliphatic rings. The molecular formula is C17H2F26. The monoisotopic (exact) mass is 700 g/mol. The van der Waals surface area contributed by atoms with Crippen molar-refractivity contribution < 1.29 is 114 Å². The summed E-state index contributed by atoms with van der Waals surface area (Å²) in [5.74, 6) is -71.2. The summed E-state index contributed by atoms with van der Waals surface area (Å²) in [6.45, 7) is 0. The molecule has 0 radical (unpaired) electrons. The maximum absolute atomic E-state index is 16.2. The molecule has 252 valence electrons. The standard InChI is InChI=1S/C17H2F26/c18-3(19,20)1-2-5(21)4(17(41,42)43,9(25,26)10(5,27)28)6(2,22)11(29,30)13(33,34)8(24)7(2,23)12(31,32)15(37,38)16(39,40)14(8,35)36/h1H2/t2-,4-,5+,6+,7+,8-/m1/s1. The number of hydrogen-bond donors (Lipinski definition) is 0. The van der Waals surface area contributed by atoms with Gasteiger partial charge in [-0.25, -0.2) is 17.6 Å². The minimum atomic E-state index is -9.46. The summed E-state index contributed by atoms with van der Waals surface area (Å²) < 4.78 is 376. The van der Waals surface area contributed by atoms with Crippen molar-refractivity contribution in [2.45, 2.75) is 88.8 Å². The molecular weight excluding hydrogens is 698 g/mol. The van der Waals surface area contributed by atoms with Gasteiger partial charge in [0.2, 0.25) is 22.4 Å². The lowest BCUT2D eigenvalue weighted by Gasteiger charge is -2.87. The van der Waals surface area contributed by atoms with Crippen molar-refractivity contribution in [3.8, 4) is 0 Å². The number of alkyl halides is 26. The van der Waals surface area contributed by atoms with Crippen molar-refractivity contribution in [1.82, 2.24) is 0 Å². The van der Waals surface area contributed by atoms with Gasteiger partial charge in [0.25, 0.3) is 5.67 Å². The van der Waals surface area contributed by atoms with Crippen LogP contribution in [0, 0.1) is 10.8 Å². The topological polar surface area (TPSA) is 0 Å². The number of fused-ring (bicyclic) bond motifs is 6. The first-order valence-electron chi connectivity index (χ1n) is 10.1. The molecule has 4 rings (SSSR count). The van der Waals surface area contributed by atoms with E-state index in [1.54, 1.807) is 0 Å². The number of rotatable bonds is 1. The van der Waals surface area contributed by atoms with E-state index in [0.29, 0.717) is 0 Å². The fourth-order valence-electron chi connectivity index (χ4n) is 7.26. The van der Waals surface area contributed by atoms with Gasteiger partial charge in [0.15, 0.2) is 0 Å². The highest BCUT2D eigenvalue weighted by atomic mass is 19.4. The van der Waals surface area contributed by atoms with Crippen LogP contribution in [0.5, 0.6) is 0 Å². The third-order valence-electron chi connectivity index (χ3n) is 8.77. The molecule has 0 spiro atoms. The van der Waals surface area contributed by atoms with Crippen LogP contribution in [-0.4, -0.2) is 82.4 Å². The van der Waals surface area contributed by atoms with E-state index in [1.165, 1.54) is 0 Å². The van der Waals surface area contributed by atoms with Crippen molar-refractivity contribution in [3.63, 3.8) is 0 Å². The van der Waals surface area contributed by atoms with Crippen molar-refractivity contribution in [2.24, 2.45) is 10.8 Å². The average molecular weight is 700 g/mol. The highest BCUT2D eigenvalue weighted by molar-refractivity contribution is 5.62. The molecule has 4 fully saturated rings. The fourth-order valence-corrected chi connectivity index (χ4v) is 7.26. The predicted molar refractivity (Wildman–Crippen MR) is 76.5 cm³/mol. The summed E-state index contributed by atoms with van der Waals surface area (Å²) in [6, 6.07) is 0. The third kappa shape index (κ3) is 2.12. The lowest BCUT2D eigenvalue weighted by Crippen LogP contribution is -3.16. The Labute approximate surface area is 215 Å². The van der Waals surface area contributed by atoms with Gasteiger partial charge in [0, 0.05) is 0 Å². The van der Waals surface area contributed by atoms with Gasteiger partial charge in [0.05, 0.1) is 6.42 Å². The van der Waals surface area contributed by atoms with E-state index < -0.39 is 99.7 Å². The van der Waals surface area contributed by atoms with Gasteiger partial charge >= 0.3 is 59.7 Å². The van der Waals surface area contributed by atoms with Crippen LogP contribution in [0.4, 0.5) is 114 Å². The van der Waals surface area contributed by atoms with Crippen LogP contribution in [0.2, 0.25) is 0 Å². The van der Waals surface area contributed by atoms with Crippen molar-refractivity contribution in [3.05, 3.63) is 0 Å². The highest BCUT2D eigenvalue weighted by Gasteiger charge is 3.30. The van der Waals surface area contributed by atoms with Gasteiger partial charge in [-0.3, -0.25) is 0 Å². The van der Waals surface area contributed by atoms with E-state index in [0.717, 1.165) is 0 Å². The summed E-state index contributed by atoms with van der Waals surface area (Å²) in [5.41, 5.74) is -53.4. The van der Waals surface area contributed by atoms with E-state index >= 15 is 17.6 Å². The molecule has 43 heavy (non-hydrogen) atoms. The molecule has 0 amide bonds. The molecule has 26 heteroatoms.